The third-order valence-electron chi connectivity index (χ3n) is 4.04. The third kappa shape index (κ3) is 2.34. The van der Waals surface area contributed by atoms with Gasteiger partial charge in [-0.3, -0.25) is 14.4 Å². The third-order valence-corrected chi connectivity index (χ3v) is 4.04. The minimum absolute atomic E-state index is 0.0868. The first-order valence-corrected chi connectivity index (χ1v) is 7.55. The first kappa shape index (κ1) is 14.8. The van der Waals surface area contributed by atoms with E-state index in [-0.39, 0.29) is 17.6 Å². The number of hydrogen-bond donors (Lipinski definition) is 0. The highest BCUT2D eigenvalue weighted by Crippen LogP contribution is 2.35. The number of aryl methyl sites for hydroxylation is 1. The van der Waals surface area contributed by atoms with Crippen molar-refractivity contribution in [1.29, 1.82) is 0 Å². The summed E-state index contributed by atoms with van der Waals surface area (Å²) in [5.41, 5.74) is 0.640. The second kappa shape index (κ2) is 5.40. The van der Waals surface area contributed by atoms with Crippen molar-refractivity contribution in [2.75, 3.05) is 4.90 Å². The number of rotatable bonds is 4. The number of aromatic nitrogens is 3. The Bertz CT molecular complexity index is 881. The van der Waals surface area contributed by atoms with Crippen LogP contribution in [0.4, 0.5) is 14.8 Å². The van der Waals surface area contributed by atoms with E-state index in [4.69, 9.17) is 4.42 Å². The maximum Gasteiger partial charge on any atom is 0.305 e. The molecule has 0 aliphatic heterocycles. The number of amides is 1. The summed E-state index contributed by atoms with van der Waals surface area (Å²) in [5.74, 6) is -0.563. The van der Waals surface area contributed by atoms with Crippen LogP contribution in [0, 0.1) is 0 Å². The Hall–Kier alpha value is -2.77. The number of alkyl halides is 2. The van der Waals surface area contributed by atoms with Crippen LogP contribution >= 0.6 is 0 Å². The molecule has 0 bridgehead atoms. The maximum atomic E-state index is 13.3. The fourth-order valence-corrected chi connectivity index (χ4v) is 2.71. The number of fused-ring (bicyclic) bond motifs is 1. The normalized spacial score (nSPS) is 14.5. The SMILES string of the molecule is Cn1ncc(C(=O)N(c2nc3ccccc3o2)C2CC2)c1C(F)F. The van der Waals surface area contributed by atoms with Crippen molar-refractivity contribution in [1.82, 2.24) is 14.8 Å². The van der Waals surface area contributed by atoms with E-state index in [9.17, 15) is 13.6 Å². The first-order chi connectivity index (χ1) is 11.6. The standard InChI is InChI=1S/C16H14F2N4O2/c1-21-13(14(17)18)10(8-19-21)15(23)22(9-6-7-9)16-20-11-4-2-3-5-12(11)24-16/h2-5,8-9,14H,6-7H2,1H3. The predicted molar refractivity (Wildman–Crippen MR) is 82.0 cm³/mol. The van der Waals surface area contributed by atoms with Gasteiger partial charge in [-0.1, -0.05) is 12.1 Å². The summed E-state index contributed by atoms with van der Waals surface area (Å²) in [6, 6.07) is 7.18. The Morgan fingerprint density at radius 2 is 2.12 bits per heavy atom. The molecule has 0 N–H and O–H groups in total. The molecule has 0 unspecified atom stereocenters. The van der Waals surface area contributed by atoms with Crippen LogP contribution in [0.25, 0.3) is 11.1 Å². The zero-order chi connectivity index (χ0) is 16.8. The van der Waals surface area contributed by atoms with Crippen LogP contribution in [0.2, 0.25) is 0 Å². The van der Waals surface area contributed by atoms with Crippen LogP contribution in [0.3, 0.4) is 0 Å². The largest absolute Gasteiger partial charge is 0.423 e. The van der Waals surface area contributed by atoms with Crippen LogP contribution in [0.15, 0.2) is 34.9 Å². The minimum Gasteiger partial charge on any atom is -0.423 e. The van der Waals surface area contributed by atoms with Crippen molar-refractivity contribution in [2.45, 2.75) is 25.3 Å². The molecule has 0 atom stereocenters. The molecule has 1 aliphatic carbocycles. The summed E-state index contributed by atoms with van der Waals surface area (Å²) in [7, 11) is 1.39. The average Bonchev–Trinajstić information content (AvgIpc) is 3.15. The molecule has 1 aromatic carbocycles. The maximum absolute atomic E-state index is 13.3. The predicted octanol–water partition coefficient (Wildman–Crippen LogP) is 3.31. The molecule has 1 fully saturated rings. The number of carbonyl (C=O) groups excluding carboxylic acids is 1. The van der Waals surface area contributed by atoms with E-state index >= 15 is 0 Å². The molecule has 0 saturated heterocycles. The van der Waals surface area contributed by atoms with Crippen molar-refractivity contribution < 1.29 is 18.0 Å². The van der Waals surface area contributed by atoms with Gasteiger partial charge >= 0.3 is 6.01 Å². The number of halogens is 2. The molecule has 0 radical (unpaired) electrons. The van der Waals surface area contributed by atoms with Gasteiger partial charge in [-0.2, -0.15) is 10.1 Å². The molecular formula is C16H14F2N4O2. The topological polar surface area (TPSA) is 64.2 Å². The summed E-state index contributed by atoms with van der Waals surface area (Å²) in [6.45, 7) is 0. The van der Waals surface area contributed by atoms with E-state index in [0.29, 0.717) is 11.1 Å². The number of hydrogen-bond acceptors (Lipinski definition) is 4. The molecule has 2 aromatic heterocycles. The zero-order valence-electron chi connectivity index (χ0n) is 12.8. The van der Waals surface area contributed by atoms with Gasteiger partial charge in [0.2, 0.25) is 0 Å². The average molecular weight is 332 g/mol. The number of para-hydroxylation sites is 2. The lowest BCUT2D eigenvalue weighted by Gasteiger charge is -2.18. The molecule has 8 heteroatoms. The van der Waals surface area contributed by atoms with Crippen molar-refractivity contribution >= 4 is 23.0 Å². The Morgan fingerprint density at radius 1 is 1.38 bits per heavy atom. The van der Waals surface area contributed by atoms with Gasteiger partial charge in [0.1, 0.15) is 11.2 Å². The van der Waals surface area contributed by atoms with Gasteiger partial charge < -0.3 is 4.42 Å². The van der Waals surface area contributed by atoms with E-state index < -0.39 is 18.0 Å². The highest BCUT2D eigenvalue weighted by atomic mass is 19.3. The van der Waals surface area contributed by atoms with Crippen LogP contribution in [-0.4, -0.2) is 26.7 Å². The molecule has 0 spiro atoms. The van der Waals surface area contributed by atoms with Crippen molar-refractivity contribution in [2.24, 2.45) is 7.05 Å². The molecule has 3 aromatic rings. The number of oxazole rings is 1. The molecular weight excluding hydrogens is 318 g/mol. The lowest BCUT2D eigenvalue weighted by Crippen LogP contribution is -2.34. The summed E-state index contributed by atoms with van der Waals surface area (Å²) in [5, 5.41) is 3.80. The number of carbonyl (C=O) groups is 1. The molecule has 1 aliphatic rings. The molecule has 24 heavy (non-hydrogen) atoms. The van der Waals surface area contributed by atoms with Crippen molar-refractivity contribution in [3.8, 4) is 0 Å². The van der Waals surface area contributed by atoms with Gasteiger partial charge in [0.15, 0.2) is 5.58 Å². The van der Waals surface area contributed by atoms with Crippen LogP contribution in [0.5, 0.6) is 0 Å². The smallest absolute Gasteiger partial charge is 0.305 e. The van der Waals surface area contributed by atoms with Crippen molar-refractivity contribution in [3.63, 3.8) is 0 Å². The van der Waals surface area contributed by atoms with Crippen LogP contribution in [0.1, 0.15) is 35.3 Å². The summed E-state index contributed by atoms with van der Waals surface area (Å²) < 4.78 is 33.2. The van der Waals surface area contributed by atoms with Gasteiger partial charge in [0.25, 0.3) is 12.3 Å². The molecule has 6 nitrogen and oxygen atoms in total. The number of anilines is 1. The van der Waals surface area contributed by atoms with E-state index in [2.05, 4.69) is 10.1 Å². The minimum atomic E-state index is -2.79. The van der Waals surface area contributed by atoms with Gasteiger partial charge in [-0.05, 0) is 25.0 Å². The second-order valence-electron chi connectivity index (χ2n) is 5.74. The van der Waals surface area contributed by atoms with Crippen LogP contribution < -0.4 is 4.90 Å². The van der Waals surface area contributed by atoms with E-state index in [1.165, 1.54) is 18.1 Å². The fourth-order valence-electron chi connectivity index (χ4n) is 2.71. The zero-order valence-corrected chi connectivity index (χ0v) is 12.8. The Morgan fingerprint density at radius 3 is 2.79 bits per heavy atom. The highest BCUT2D eigenvalue weighted by molar-refractivity contribution is 6.06. The quantitative estimate of drug-likeness (QED) is 0.735. The molecule has 1 saturated carbocycles. The molecule has 124 valence electrons. The van der Waals surface area contributed by atoms with Crippen molar-refractivity contribution in [3.05, 3.63) is 41.7 Å². The first-order valence-electron chi connectivity index (χ1n) is 7.55. The highest BCUT2D eigenvalue weighted by Gasteiger charge is 2.39. The number of benzene rings is 1. The van der Waals surface area contributed by atoms with E-state index in [1.54, 1.807) is 18.2 Å². The van der Waals surface area contributed by atoms with Gasteiger partial charge in [0.05, 0.1) is 11.8 Å². The fraction of sp³-hybridized carbons (Fsp3) is 0.312. The van der Waals surface area contributed by atoms with Gasteiger partial charge in [-0.25, -0.2) is 8.78 Å². The number of nitrogens with zero attached hydrogens (tertiary/aromatic N) is 4. The monoisotopic (exact) mass is 332 g/mol. The Labute approximate surface area is 135 Å². The second-order valence-corrected chi connectivity index (χ2v) is 5.74. The van der Waals surface area contributed by atoms with Gasteiger partial charge in [-0.15, -0.1) is 0 Å². The lowest BCUT2D eigenvalue weighted by molar-refractivity contribution is 0.0962. The molecule has 1 amide bonds. The summed E-state index contributed by atoms with van der Waals surface area (Å²) in [4.78, 5) is 18.6. The van der Waals surface area contributed by atoms with Gasteiger partial charge in [0, 0.05) is 13.1 Å². The Balaban J connectivity index is 1.77. The lowest BCUT2D eigenvalue weighted by atomic mass is 10.2. The molecule has 4 rings (SSSR count). The van der Waals surface area contributed by atoms with E-state index in [1.807, 2.05) is 6.07 Å². The summed E-state index contributed by atoms with van der Waals surface area (Å²) in [6.07, 6.45) is -0.0492. The Kier molecular flexibility index (Phi) is 3.33. The molecule has 2 heterocycles. The van der Waals surface area contributed by atoms with E-state index in [0.717, 1.165) is 17.5 Å². The summed E-state index contributed by atoms with van der Waals surface area (Å²) >= 11 is 0. The van der Waals surface area contributed by atoms with Crippen LogP contribution in [-0.2, 0) is 7.05 Å².